The number of rotatable bonds is 6. The zero-order valence-electron chi connectivity index (χ0n) is 12.3. The first kappa shape index (κ1) is 15.9. The third-order valence-electron chi connectivity index (χ3n) is 4.01. The van der Waals surface area contributed by atoms with E-state index in [1.54, 1.807) is 0 Å². The minimum atomic E-state index is 0.696. The van der Waals surface area contributed by atoms with Gasteiger partial charge in [0, 0.05) is 5.02 Å². The number of halogens is 2. The molecule has 1 saturated heterocycles. The van der Waals surface area contributed by atoms with E-state index in [2.05, 4.69) is 33.4 Å². The Morgan fingerprint density at radius 2 is 1.95 bits per heavy atom. The minimum absolute atomic E-state index is 0.696. The molecule has 0 aromatic heterocycles. The highest BCUT2D eigenvalue weighted by atomic mass is 79.9. The first-order valence-electron chi connectivity index (χ1n) is 7.64. The summed E-state index contributed by atoms with van der Waals surface area (Å²) in [5, 5.41) is 4.02. The molecular weight excluding hydrogens is 362 g/mol. The summed E-state index contributed by atoms with van der Waals surface area (Å²) in [5.74, 6) is 2.58. The van der Waals surface area contributed by atoms with Gasteiger partial charge >= 0.3 is 0 Å². The van der Waals surface area contributed by atoms with Crippen LogP contribution < -0.4 is 10.1 Å². The topological polar surface area (TPSA) is 21.3 Å². The van der Waals surface area contributed by atoms with Gasteiger partial charge in [0.25, 0.3) is 0 Å². The van der Waals surface area contributed by atoms with Crippen LogP contribution in [0.15, 0.2) is 46.9 Å². The lowest BCUT2D eigenvalue weighted by molar-refractivity contribution is 0.320. The second-order valence-corrected chi connectivity index (χ2v) is 6.99. The third kappa shape index (κ3) is 4.03. The Bertz CT molecular complexity index is 643. The van der Waals surface area contributed by atoms with Crippen LogP contribution in [0.25, 0.3) is 0 Å². The second kappa shape index (κ2) is 7.49. The maximum atomic E-state index is 6.08. The van der Waals surface area contributed by atoms with Gasteiger partial charge in [0.15, 0.2) is 0 Å². The number of para-hydroxylation sites is 1. The van der Waals surface area contributed by atoms with E-state index >= 15 is 0 Å². The molecule has 1 fully saturated rings. The molecule has 116 valence electrons. The van der Waals surface area contributed by atoms with E-state index < -0.39 is 0 Å². The average Bonchev–Trinajstić information content (AvgIpc) is 2.46. The highest BCUT2D eigenvalue weighted by Gasteiger charge is 2.16. The first-order valence-corrected chi connectivity index (χ1v) is 8.81. The number of nitrogens with one attached hydrogen (secondary N) is 1. The van der Waals surface area contributed by atoms with Crippen LogP contribution in [-0.4, -0.2) is 13.1 Å². The Labute approximate surface area is 145 Å². The van der Waals surface area contributed by atoms with Gasteiger partial charge in [0.05, 0.1) is 4.47 Å². The van der Waals surface area contributed by atoms with Gasteiger partial charge in [0.2, 0.25) is 0 Å². The summed E-state index contributed by atoms with van der Waals surface area (Å²) in [6.45, 7) is 2.35. The molecule has 1 aliphatic rings. The molecule has 0 spiro atoms. The van der Waals surface area contributed by atoms with Gasteiger partial charge in [-0.3, -0.25) is 0 Å². The fourth-order valence-electron chi connectivity index (χ4n) is 2.62. The molecular formula is C18H19BrClNO. The molecule has 0 unspecified atom stereocenters. The van der Waals surface area contributed by atoms with Crippen LogP contribution in [-0.2, 0) is 6.42 Å². The van der Waals surface area contributed by atoms with Gasteiger partial charge in [-0.2, -0.15) is 0 Å². The molecule has 0 aliphatic carbocycles. The number of ether oxygens (including phenoxy) is 1. The van der Waals surface area contributed by atoms with E-state index in [0.717, 1.165) is 28.3 Å². The average molecular weight is 381 g/mol. The zero-order chi connectivity index (χ0) is 15.4. The fourth-order valence-corrected chi connectivity index (χ4v) is 3.38. The molecule has 0 atom stereocenters. The summed E-state index contributed by atoms with van der Waals surface area (Å²) < 4.78 is 6.95. The molecule has 1 aliphatic heterocycles. The summed E-state index contributed by atoms with van der Waals surface area (Å²) in [6.07, 6.45) is 3.54. The Hall–Kier alpha value is -1.03. The predicted molar refractivity (Wildman–Crippen MR) is 95.0 cm³/mol. The lowest BCUT2D eigenvalue weighted by atomic mass is 9.95. The van der Waals surface area contributed by atoms with Gasteiger partial charge in [-0.05, 0) is 84.0 Å². The van der Waals surface area contributed by atoms with Crippen molar-refractivity contribution in [3.8, 4) is 11.5 Å². The SMILES string of the molecule is Clc1ccc(Oc2ccccc2CCCC2CNC2)c(Br)c1. The van der Waals surface area contributed by atoms with E-state index in [-0.39, 0.29) is 0 Å². The van der Waals surface area contributed by atoms with Gasteiger partial charge in [0.1, 0.15) is 11.5 Å². The molecule has 2 aromatic rings. The lowest BCUT2D eigenvalue weighted by Gasteiger charge is -2.27. The normalized spacial score (nSPS) is 14.6. The molecule has 2 nitrogen and oxygen atoms in total. The number of benzene rings is 2. The standard InChI is InChI=1S/C18H19BrClNO/c19-16-10-15(20)8-9-18(16)22-17-7-2-1-5-14(17)6-3-4-13-11-21-12-13/h1-2,5,7-10,13,21H,3-4,6,11-12H2. The highest BCUT2D eigenvalue weighted by Crippen LogP contribution is 2.33. The molecule has 3 rings (SSSR count). The van der Waals surface area contributed by atoms with E-state index in [9.17, 15) is 0 Å². The van der Waals surface area contributed by atoms with Crippen molar-refractivity contribution in [1.29, 1.82) is 0 Å². The summed E-state index contributed by atoms with van der Waals surface area (Å²) in [5.41, 5.74) is 1.26. The largest absolute Gasteiger partial charge is 0.456 e. The third-order valence-corrected chi connectivity index (χ3v) is 4.87. The van der Waals surface area contributed by atoms with E-state index in [1.165, 1.54) is 31.5 Å². The van der Waals surface area contributed by atoms with Crippen LogP contribution in [0, 0.1) is 5.92 Å². The van der Waals surface area contributed by atoms with Crippen molar-refractivity contribution in [1.82, 2.24) is 5.32 Å². The van der Waals surface area contributed by atoms with Crippen molar-refractivity contribution in [2.45, 2.75) is 19.3 Å². The lowest BCUT2D eigenvalue weighted by Crippen LogP contribution is -2.41. The van der Waals surface area contributed by atoms with E-state index in [4.69, 9.17) is 16.3 Å². The predicted octanol–water partition coefficient (Wildman–Crippen LogP) is 5.44. The molecule has 0 bridgehead atoms. The number of hydrogen-bond acceptors (Lipinski definition) is 2. The molecule has 0 radical (unpaired) electrons. The Balaban J connectivity index is 1.67. The quantitative estimate of drug-likeness (QED) is 0.721. The molecule has 1 N–H and O–H groups in total. The Kier molecular flexibility index (Phi) is 5.40. The van der Waals surface area contributed by atoms with Gasteiger partial charge in [-0.15, -0.1) is 0 Å². The molecule has 22 heavy (non-hydrogen) atoms. The van der Waals surface area contributed by atoms with Crippen molar-refractivity contribution in [2.75, 3.05) is 13.1 Å². The number of aryl methyl sites for hydroxylation is 1. The van der Waals surface area contributed by atoms with Crippen molar-refractivity contribution in [3.05, 3.63) is 57.5 Å². The summed E-state index contributed by atoms with van der Waals surface area (Å²) >= 11 is 9.48. The van der Waals surface area contributed by atoms with Crippen LogP contribution in [0.4, 0.5) is 0 Å². The van der Waals surface area contributed by atoms with Crippen LogP contribution >= 0.6 is 27.5 Å². The maximum Gasteiger partial charge on any atom is 0.141 e. The van der Waals surface area contributed by atoms with Crippen molar-refractivity contribution in [2.24, 2.45) is 5.92 Å². The maximum absolute atomic E-state index is 6.08. The minimum Gasteiger partial charge on any atom is -0.456 e. The van der Waals surface area contributed by atoms with Crippen LogP contribution in [0.2, 0.25) is 5.02 Å². The summed E-state index contributed by atoms with van der Waals surface area (Å²) in [4.78, 5) is 0. The van der Waals surface area contributed by atoms with Crippen LogP contribution in [0.5, 0.6) is 11.5 Å². The molecule has 2 aromatic carbocycles. The Morgan fingerprint density at radius 1 is 1.14 bits per heavy atom. The Morgan fingerprint density at radius 3 is 2.68 bits per heavy atom. The second-order valence-electron chi connectivity index (χ2n) is 5.70. The van der Waals surface area contributed by atoms with E-state index in [0.29, 0.717) is 5.02 Å². The molecule has 1 heterocycles. The highest BCUT2D eigenvalue weighted by molar-refractivity contribution is 9.10. The van der Waals surface area contributed by atoms with Crippen LogP contribution in [0.1, 0.15) is 18.4 Å². The van der Waals surface area contributed by atoms with Crippen molar-refractivity contribution >= 4 is 27.5 Å². The van der Waals surface area contributed by atoms with Gasteiger partial charge in [-0.25, -0.2) is 0 Å². The van der Waals surface area contributed by atoms with Crippen LogP contribution in [0.3, 0.4) is 0 Å². The first-order chi connectivity index (χ1) is 10.7. The number of hydrogen-bond donors (Lipinski definition) is 1. The van der Waals surface area contributed by atoms with Crippen molar-refractivity contribution < 1.29 is 4.74 Å². The van der Waals surface area contributed by atoms with Crippen molar-refractivity contribution in [3.63, 3.8) is 0 Å². The van der Waals surface area contributed by atoms with E-state index in [1.807, 2.05) is 30.3 Å². The summed E-state index contributed by atoms with van der Waals surface area (Å²) in [7, 11) is 0. The molecule has 0 saturated carbocycles. The van der Waals surface area contributed by atoms with Gasteiger partial charge < -0.3 is 10.1 Å². The fraction of sp³-hybridized carbons (Fsp3) is 0.333. The smallest absolute Gasteiger partial charge is 0.141 e. The monoisotopic (exact) mass is 379 g/mol. The zero-order valence-corrected chi connectivity index (χ0v) is 14.7. The van der Waals surface area contributed by atoms with Gasteiger partial charge in [-0.1, -0.05) is 29.8 Å². The molecule has 0 amide bonds. The summed E-state index contributed by atoms with van der Waals surface area (Å²) in [6, 6.07) is 13.8. The molecule has 4 heteroatoms.